The van der Waals surface area contributed by atoms with Gasteiger partial charge in [0.2, 0.25) is 0 Å². The number of rotatable bonds is 7. The van der Waals surface area contributed by atoms with E-state index in [-0.39, 0.29) is 5.97 Å². The van der Waals surface area contributed by atoms with Crippen molar-refractivity contribution in [3.63, 3.8) is 0 Å². The van der Waals surface area contributed by atoms with Crippen LogP contribution in [0.5, 0.6) is 5.75 Å². The highest BCUT2D eigenvalue weighted by Crippen LogP contribution is 2.19. The number of nitrogens with one attached hydrogen (secondary N) is 1. The number of anilines is 1. The summed E-state index contributed by atoms with van der Waals surface area (Å²) >= 11 is 5.93. The van der Waals surface area contributed by atoms with E-state index in [1.807, 2.05) is 25.1 Å². The van der Waals surface area contributed by atoms with Gasteiger partial charge in [-0.3, -0.25) is 0 Å². The molecule has 5 heteroatoms. The van der Waals surface area contributed by atoms with Crippen molar-refractivity contribution in [1.29, 1.82) is 0 Å². The fraction of sp³-hybridized carbons (Fsp3) is 0.278. The minimum atomic E-state index is -0.348. The number of carbonyl (C=O) groups excluding carboxylic acids is 1. The molecule has 0 aromatic heterocycles. The molecule has 0 bridgehead atoms. The second-order valence-electron chi connectivity index (χ2n) is 5.10. The van der Waals surface area contributed by atoms with Crippen molar-refractivity contribution < 1.29 is 14.3 Å². The van der Waals surface area contributed by atoms with Gasteiger partial charge in [0, 0.05) is 17.3 Å². The lowest BCUT2D eigenvalue weighted by atomic mass is 10.2. The minimum Gasteiger partial charge on any atom is -0.494 e. The molecule has 0 spiro atoms. The third-order valence-electron chi connectivity index (χ3n) is 3.37. The van der Waals surface area contributed by atoms with Crippen molar-refractivity contribution in [2.45, 2.75) is 13.3 Å². The summed E-state index contributed by atoms with van der Waals surface area (Å²) in [5, 5.41) is 4.10. The largest absolute Gasteiger partial charge is 0.494 e. The summed E-state index contributed by atoms with van der Waals surface area (Å²) < 4.78 is 10.3. The van der Waals surface area contributed by atoms with Gasteiger partial charge in [-0.1, -0.05) is 11.6 Å². The molecule has 0 aliphatic carbocycles. The monoisotopic (exact) mass is 333 g/mol. The summed E-state index contributed by atoms with van der Waals surface area (Å²) in [7, 11) is 1.36. The van der Waals surface area contributed by atoms with E-state index in [1.165, 1.54) is 7.11 Å². The molecule has 0 saturated carbocycles. The summed E-state index contributed by atoms with van der Waals surface area (Å²) in [4.78, 5) is 11.3. The van der Waals surface area contributed by atoms with Crippen molar-refractivity contribution in [1.82, 2.24) is 0 Å². The van der Waals surface area contributed by atoms with Gasteiger partial charge in [0.25, 0.3) is 0 Å². The number of benzene rings is 2. The number of ether oxygens (including phenoxy) is 2. The number of hydrogen-bond donors (Lipinski definition) is 1. The summed E-state index contributed by atoms with van der Waals surface area (Å²) in [5.41, 5.74) is 2.72. The van der Waals surface area contributed by atoms with Crippen LogP contribution in [0.1, 0.15) is 22.3 Å². The first-order valence-corrected chi connectivity index (χ1v) is 7.79. The predicted octanol–water partition coefficient (Wildman–Crippen LogP) is 4.32. The van der Waals surface area contributed by atoms with E-state index in [0.29, 0.717) is 12.2 Å². The van der Waals surface area contributed by atoms with Crippen LogP contribution in [0, 0.1) is 6.92 Å². The average Bonchev–Trinajstić information content (AvgIpc) is 2.56. The van der Waals surface area contributed by atoms with Gasteiger partial charge in [0.15, 0.2) is 0 Å². The summed E-state index contributed by atoms with van der Waals surface area (Å²) in [6, 6.07) is 12.7. The fourth-order valence-electron chi connectivity index (χ4n) is 2.12. The number of halogens is 1. The van der Waals surface area contributed by atoms with E-state index >= 15 is 0 Å². The van der Waals surface area contributed by atoms with E-state index in [0.717, 1.165) is 35.0 Å². The first-order chi connectivity index (χ1) is 11.1. The van der Waals surface area contributed by atoms with E-state index in [1.54, 1.807) is 24.3 Å². The maximum atomic E-state index is 11.3. The smallest absolute Gasteiger partial charge is 0.337 e. The minimum absolute atomic E-state index is 0.348. The second kappa shape index (κ2) is 8.44. The maximum absolute atomic E-state index is 11.3. The SMILES string of the molecule is COC(=O)c1ccc(OCCCNc2ccc(Cl)cc2C)cc1. The molecule has 122 valence electrons. The molecular formula is C18H20ClNO3. The van der Waals surface area contributed by atoms with Crippen molar-refractivity contribution in [3.05, 3.63) is 58.6 Å². The molecule has 2 aromatic rings. The first kappa shape index (κ1) is 17.2. The normalized spacial score (nSPS) is 10.2. The van der Waals surface area contributed by atoms with Gasteiger partial charge in [0.1, 0.15) is 5.75 Å². The van der Waals surface area contributed by atoms with Crippen molar-refractivity contribution in [2.24, 2.45) is 0 Å². The lowest BCUT2D eigenvalue weighted by Gasteiger charge is -2.10. The topological polar surface area (TPSA) is 47.6 Å². The van der Waals surface area contributed by atoms with Crippen LogP contribution in [0.3, 0.4) is 0 Å². The number of methoxy groups -OCH3 is 1. The van der Waals surface area contributed by atoms with Crippen LogP contribution in [-0.2, 0) is 4.74 Å². The molecule has 2 aromatic carbocycles. The number of hydrogen-bond acceptors (Lipinski definition) is 4. The molecule has 23 heavy (non-hydrogen) atoms. The lowest BCUT2D eigenvalue weighted by molar-refractivity contribution is 0.0600. The van der Waals surface area contributed by atoms with Gasteiger partial charge >= 0.3 is 5.97 Å². The third kappa shape index (κ3) is 5.18. The van der Waals surface area contributed by atoms with Gasteiger partial charge in [-0.2, -0.15) is 0 Å². The summed E-state index contributed by atoms with van der Waals surface area (Å²) in [6.07, 6.45) is 0.862. The number of carbonyl (C=O) groups is 1. The highest BCUT2D eigenvalue weighted by Gasteiger charge is 2.04. The standard InChI is InChI=1S/C18H20ClNO3/c1-13-12-15(19)6-9-17(13)20-10-3-11-23-16-7-4-14(5-8-16)18(21)22-2/h4-9,12,20H,3,10-11H2,1-2H3. The van der Waals surface area contributed by atoms with Crippen LogP contribution in [0.25, 0.3) is 0 Å². The molecule has 0 amide bonds. The zero-order chi connectivity index (χ0) is 16.7. The van der Waals surface area contributed by atoms with E-state index in [2.05, 4.69) is 10.1 Å². The predicted molar refractivity (Wildman–Crippen MR) is 92.6 cm³/mol. The van der Waals surface area contributed by atoms with Crippen LogP contribution in [0.2, 0.25) is 5.02 Å². The van der Waals surface area contributed by atoms with E-state index in [4.69, 9.17) is 16.3 Å². The van der Waals surface area contributed by atoms with Gasteiger partial charge in [-0.15, -0.1) is 0 Å². The Bertz CT molecular complexity index is 656. The van der Waals surface area contributed by atoms with Gasteiger partial charge < -0.3 is 14.8 Å². The van der Waals surface area contributed by atoms with Gasteiger partial charge in [-0.05, 0) is 61.4 Å². The zero-order valence-corrected chi connectivity index (χ0v) is 14.0. The molecule has 0 atom stereocenters. The van der Waals surface area contributed by atoms with Gasteiger partial charge in [-0.25, -0.2) is 4.79 Å². The molecule has 0 unspecified atom stereocenters. The molecule has 2 rings (SSSR count). The third-order valence-corrected chi connectivity index (χ3v) is 3.60. The fourth-order valence-corrected chi connectivity index (χ4v) is 2.34. The second-order valence-corrected chi connectivity index (χ2v) is 5.54. The van der Waals surface area contributed by atoms with Crippen LogP contribution < -0.4 is 10.1 Å². The molecule has 1 N–H and O–H groups in total. The molecule has 0 heterocycles. The molecule has 0 fully saturated rings. The highest BCUT2D eigenvalue weighted by atomic mass is 35.5. The molecule has 4 nitrogen and oxygen atoms in total. The van der Waals surface area contributed by atoms with Gasteiger partial charge in [0.05, 0.1) is 19.3 Å². The van der Waals surface area contributed by atoms with Crippen LogP contribution in [0.4, 0.5) is 5.69 Å². The van der Waals surface area contributed by atoms with E-state index in [9.17, 15) is 4.79 Å². The molecule has 0 saturated heterocycles. The first-order valence-electron chi connectivity index (χ1n) is 7.41. The quantitative estimate of drug-likeness (QED) is 0.605. The number of aryl methyl sites for hydroxylation is 1. The van der Waals surface area contributed by atoms with Crippen molar-refractivity contribution >= 4 is 23.3 Å². The van der Waals surface area contributed by atoms with Crippen LogP contribution in [-0.4, -0.2) is 26.2 Å². The molecule has 0 aliphatic rings. The Kier molecular flexibility index (Phi) is 6.29. The van der Waals surface area contributed by atoms with Crippen molar-refractivity contribution in [2.75, 3.05) is 25.6 Å². The Labute approximate surface area is 141 Å². The Balaban J connectivity index is 1.72. The Morgan fingerprint density at radius 2 is 1.91 bits per heavy atom. The van der Waals surface area contributed by atoms with Crippen LogP contribution >= 0.6 is 11.6 Å². The Hall–Kier alpha value is -2.20. The number of esters is 1. The maximum Gasteiger partial charge on any atom is 0.337 e. The molecular weight excluding hydrogens is 314 g/mol. The average molecular weight is 334 g/mol. The summed E-state index contributed by atoms with van der Waals surface area (Å²) in [5.74, 6) is 0.388. The Morgan fingerprint density at radius 3 is 2.57 bits per heavy atom. The van der Waals surface area contributed by atoms with Crippen LogP contribution in [0.15, 0.2) is 42.5 Å². The Morgan fingerprint density at radius 1 is 1.17 bits per heavy atom. The zero-order valence-electron chi connectivity index (χ0n) is 13.3. The lowest BCUT2D eigenvalue weighted by Crippen LogP contribution is -2.08. The summed E-state index contributed by atoms with van der Waals surface area (Å²) in [6.45, 7) is 3.42. The van der Waals surface area contributed by atoms with Crippen molar-refractivity contribution in [3.8, 4) is 5.75 Å². The molecule has 0 radical (unpaired) electrons. The highest BCUT2D eigenvalue weighted by molar-refractivity contribution is 6.30. The molecule has 0 aliphatic heterocycles. The van der Waals surface area contributed by atoms with E-state index < -0.39 is 0 Å².